The standard InChI is InChI=1S/C26H26BrN3O4/c1-18(16-25(32)29-30-26(33)20-7-9-21(27)10-8-20)15-24(31)28-22-11-13-23(14-12-22)34-17-19-5-3-2-4-6-19/h2-14,18H,15-17H2,1H3,(H,28,31)(H,29,32)(H,30,33)/t18-/m0/s1. The maximum atomic E-state index is 12.3. The van der Waals surface area contributed by atoms with E-state index >= 15 is 0 Å². The quantitative estimate of drug-likeness (QED) is 0.349. The van der Waals surface area contributed by atoms with E-state index in [1.165, 1.54) is 0 Å². The Hall–Kier alpha value is -3.65. The van der Waals surface area contributed by atoms with Crippen LogP contribution in [0.5, 0.6) is 5.75 Å². The van der Waals surface area contributed by atoms with Gasteiger partial charge in [-0.1, -0.05) is 53.2 Å². The highest BCUT2D eigenvalue weighted by molar-refractivity contribution is 9.10. The van der Waals surface area contributed by atoms with Crippen LogP contribution in [0.15, 0.2) is 83.3 Å². The van der Waals surface area contributed by atoms with Gasteiger partial charge in [0.25, 0.3) is 5.91 Å². The van der Waals surface area contributed by atoms with Crippen LogP contribution in [-0.2, 0) is 16.2 Å². The first-order valence-corrected chi connectivity index (χ1v) is 11.6. The molecule has 3 rings (SSSR count). The second-order valence-electron chi connectivity index (χ2n) is 7.87. The molecule has 0 saturated heterocycles. The maximum absolute atomic E-state index is 12.3. The van der Waals surface area contributed by atoms with Crippen LogP contribution in [0.25, 0.3) is 0 Å². The molecule has 1 atom stereocenters. The zero-order chi connectivity index (χ0) is 24.3. The SMILES string of the molecule is C[C@H](CC(=O)NNC(=O)c1ccc(Br)cc1)CC(=O)Nc1ccc(OCc2ccccc2)cc1. The molecule has 0 aromatic heterocycles. The monoisotopic (exact) mass is 523 g/mol. The minimum Gasteiger partial charge on any atom is -0.489 e. The molecule has 7 nitrogen and oxygen atoms in total. The minimum atomic E-state index is -0.414. The number of halogens is 1. The summed E-state index contributed by atoms with van der Waals surface area (Å²) in [6.45, 7) is 2.27. The summed E-state index contributed by atoms with van der Waals surface area (Å²) in [6, 6.07) is 23.8. The van der Waals surface area contributed by atoms with Crippen molar-refractivity contribution >= 4 is 39.3 Å². The number of ether oxygens (including phenoxy) is 1. The Morgan fingerprint density at radius 3 is 2.15 bits per heavy atom. The molecule has 0 spiro atoms. The minimum absolute atomic E-state index is 0.0975. The molecule has 3 amide bonds. The van der Waals surface area contributed by atoms with Gasteiger partial charge in [-0.05, 0) is 60.0 Å². The normalized spacial score (nSPS) is 11.2. The number of carbonyl (C=O) groups excluding carboxylic acids is 3. The summed E-state index contributed by atoms with van der Waals surface area (Å²) in [5.74, 6) is -0.486. The van der Waals surface area contributed by atoms with Crippen LogP contribution in [0, 0.1) is 5.92 Å². The highest BCUT2D eigenvalue weighted by Gasteiger charge is 2.15. The zero-order valence-corrected chi connectivity index (χ0v) is 20.3. The van der Waals surface area contributed by atoms with E-state index in [0.29, 0.717) is 23.6 Å². The van der Waals surface area contributed by atoms with E-state index in [0.717, 1.165) is 10.0 Å². The van der Waals surface area contributed by atoms with Crippen LogP contribution in [-0.4, -0.2) is 17.7 Å². The van der Waals surface area contributed by atoms with Crippen molar-refractivity contribution in [2.75, 3.05) is 5.32 Å². The van der Waals surface area contributed by atoms with E-state index < -0.39 is 5.91 Å². The summed E-state index contributed by atoms with van der Waals surface area (Å²) < 4.78 is 6.60. The lowest BCUT2D eigenvalue weighted by Crippen LogP contribution is -2.42. The molecule has 0 aliphatic heterocycles. The molecule has 0 unspecified atom stereocenters. The Bertz CT molecular complexity index is 1100. The lowest BCUT2D eigenvalue weighted by atomic mass is 10.0. The molecule has 34 heavy (non-hydrogen) atoms. The molecule has 0 heterocycles. The Morgan fingerprint density at radius 1 is 0.824 bits per heavy atom. The summed E-state index contributed by atoms with van der Waals surface area (Å²) in [7, 11) is 0. The summed E-state index contributed by atoms with van der Waals surface area (Å²) in [6.07, 6.45) is 0.265. The van der Waals surface area contributed by atoms with Gasteiger partial charge in [0.1, 0.15) is 12.4 Å². The van der Waals surface area contributed by atoms with Crippen molar-refractivity contribution in [2.45, 2.75) is 26.4 Å². The predicted molar refractivity (Wildman–Crippen MR) is 134 cm³/mol. The van der Waals surface area contributed by atoms with Crippen molar-refractivity contribution < 1.29 is 19.1 Å². The molecular formula is C26H26BrN3O4. The summed E-state index contributed by atoms with van der Waals surface area (Å²) >= 11 is 3.30. The smallest absolute Gasteiger partial charge is 0.269 e. The highest BCUT2D eigenvalue weighted by atomic mass is 79.9. The van der Waals surface area contributed by atoms with E-state index in [-0.39, 0.29) is 30.6 Å². The van der Waals surface area contributed by atoms with Crippen LogP contribution in [0.1, 0.15) is 35.7 Å². The van der Waals surface area contributed by atoms with Gasteiger partial charge in [0.05, 0.1) is 0 Å². The maximum Gasteiger partial charge on any atom is 0.269 e. The van der Waals surface area contributed by atoms with Crippen molar-refractivity contribution in [2.24, 2.45) is 5.92 Å². The first-order chi connectivity index (χ1) is 16.4. The number of nitrogens with one attached hydrogen (secondary N) is 3. The molecule has 0 saturated carbocycles. The molecule has 0 radical (unpaired) electrons. The molecule has 0 bridgehead atoms. The van der Waals surface area contributed by atoms with Crippen molar-refractivity contribution in [3.05, 3.63) is 94.5 Å². The van der Waals surface area contributed by atoms with Gasteiger partial charge in [0, 0.05) is 28.6 Å². The summed E-state index contributed by atoms with van der Waals surface area (Å²) in [4.78, 5) is 36.5. The van der Waals surface area contributed by atoms with Crippen LogP contribution in [0.4, 0.5) is 5.69 Å². The number of hydrogen-bond donors (Lipinski definition) is 3. The number of rotatable bonds is 9. The first-order valence-electron chi connectivity index (χ1n) is 10.8. The van der Waals surface area contributed by atoms with Crippen molar-refractivity contribution in [1.82, 2.24) is 10.9 Å². The molecular weight excluding hydrogens is 498 g/mol. The van der Waals surface area contributed by atoms with E-state index in [9.17, 15) is 14.4 Å². The molecule has 176 valence electrons. The number of amides is 3. The van der Waals surface area contributed by atoms with E-state index in [4.69, 9.17) is 4.74 Å². The molecule has 8 heteroatoms. The van der Waals surface area contributed by atoms with Gasteiger partial charge in [-0.2, -0.15) is 0 Å². The molecule has 0 aliphatic carbocycles. The fourth-order valence-electron chi connectivity index (χ4n) is 3.14. The van der Waals surface area contributed by atoms with Gasteiger partial charge < -0.3 is 10.1 Å². The van der Waals surface area contributed by atoms with E-state index in [1.807, 2.05) is 30.3 Å². The number of benzene rings is 3. The van der Waals surface area contributed by atoms with E-state index in [2.05, 4.69) is 32.1 Å². The van der Waals surface area contributed by atoms with Gasteiger partial charge in [-0.3, -0.25) is 25.2 Å². The van der Waals surface area contributed by atoms with Gasteiger partial charge in [0.2, 0.25) is 11.8 Å². The number of anilines is 1. The Labute approximate surface area is 207 Å². The Morgan fingerprint density at radius 2 is 1.47 bits per heavy atom. The lowest BCUT2D eigenvalue weighted by Gasteiger charge is -2.13. The Kier molecular flexibility index (Phi) is 9.22. The van der Waals surface area contributed by atoms with Crippen molar-refractivity contribution in [3.63, 3.8) is 0 Å². The fourth-order valence-corrected chi connectivity index (χ4v) is 3.41. The third kappa shape index (κ3) is 8.37. The van der Waals surface area contributed by atoms with Gasteiger partial charge >= 0.3 is 0 Å². The lowest BCUT2D eigenvalue weighted by molar-refractivity contribution is -0.123. The van der Waals surface area contributed by atoms with Gasteiger partial charge in [0.15, 0.2) is 0 Å². The molecule has 0 fully saturated rings. The largest absolute Gasteiger partial charge is 0.489 e. The second-order valence-corrected chi connectivity index (χ2v) is 8.79. The highest BCUT2D eigenvalue weighted by Crippen LogP contribution is 2.18. The van der Waals surface area contributed by atoms with E-state index in [1.54, 1.807) is 55.5 Å². The zero-order valence-electron chi connectivity index (χ0n) is 18.7. The number of carbonyl (C=O) groups is 3. The molecule has 3 aromatic carbocycles. The first kappa shape index (κ1) is 25.0. The molecule has 3 aromatic rings. The molecule has 0 aliphatic rings. The van der Waals surface area contributed by atoms with Gasteiger partial charge in [-0.15, -0.1) is 0 Å². The third-order valence-corrected chi connectivity index (χ3v) is 5.40. The van der Waals surface area contributed by atoms with Crippen LogP contribution in [0.2, 0.25) is 0 Å². The molecule has 3 N–H and O–H groups in total. The van der Waals surface area contributed by atoms with Crippen LogP contribution >= 0.6 is 15.9 Å². The average Bonchev–Trinajstić information content (AvgIpc) is 2.83. The average molecular weight is 524 g/mol. The Balaban J connectivity index is 1.37. The third-order valence-electron chi connectivity index (χ3n) is 4.88. The van der Waals surface area contributed by atoms with Crippen LogP contribution in [0.3, 0.4) is 0 Å². The fraction of sp³-hybridized carbons (Fsp3) is 0.192. The summed E-state index contributed by atoms with van der Waals surface area (Å²) in [5.41, 5.74) is 6.91. The number of hydrazine groups is 1. The van der Waals surface area contributed by atoms with Crippen molar-refractivity contribution in [1.29, 1.82) is 0 Å². The number of hydrogen-bond acceptors (Lipinski definition) is 4. The van der Waals surface area contributed by atoms with Crippen LogP contribution < -0.4 is 20.9 Å². The summed E-state index contributed by atoms with van der Waals surface area (Å²) in [5, 5.41) is 2.82. The van der Waals surface area contributed by atoms with Crippen molar-refractivity contribution in [3.8, 4) is 5.75 Å². The predicted octanol–water partition coefficient (Wildman–Crippen LogP) is 4.84. The van der Waals surface area contributed by atoms with Gasteiger partial charge in [-0.25, -0.2) is 0 Å². The topological polar surface area (TPSA) is 96.5 Å². The second kappa shape index (κ2) is 12.6.